The van der Waals surface area contributed by atoms with Crippen LogP contribution in [-0.2, 0) is 12.8 Å². The summed E-state index contributed by atoms with van der Waals surface area (Å²) >= 11 is 0. The third kappa shape index (κ3) is 28.3. The second kappa shape index (κ2) is 32.5. The average Bonchev–Trinajstić information content (AvgIpc) is 3.00. The monoisotopic (exact) mass is 599 g/mol. The fourth-order valence-electron chi connectivity index (χ4n) is 6.66. The number of aromatic nitrogens is 2. The zero-order valence-electron chi connectivity index (χ0n) is 30.0. The van der Waals surface area contributed by atoms with Gasteiger partial charge in [0.1, 0.15) is 5.82 Å². The SMILES string of the molecule is CCCCCCCCCCCCCCCCCCc1cc(CCCCCCCCCCCCCCCCCC)nc(C)n1. The third-order valence-electron chi connectivity index (χ3n) is 9.52. The summed E-state index contributed by atoms with van der Waals surface area (Å²) in [6, 6.07) is 2.31. The van der Waals surface area contributed by atoms with Crippen molar-refractivity contribution in [2.24, 2.45) is 0 Å². The average molecular weight is 599 g/mol. The van der Waals surface area contributed by atoms with Gasteiger partial charge in [-0.15, -0.1) is 0 Å². The van der Waals surface area contributed by atoms with Crippen LogP contribution >= 0.6 is 0 Å². The van der Waals surface area contributed by atoms with Crippen molar-refractivity contribution >= 4 is 0 Å². The molecule has 0 saturated carbocycles. The Balaban J connectivity index is 1.91. The van der Waals surface area contributed by atoms with Crippen LogP contribution in [0.1, 0.15) is 237 Å². The molecule has 0 atom stereocenters. The van der Waals surface area contributed by atoms with E-state index in [1.807, 2.05) is 0 Å². The first-order valence-corrected chi connectivity index (χ1v) is 20.1. The predicted molar refractivity (Wildman–Crippen MR) is 193 cm³/mol. The highest BCUT2D eigenvalue weighted by Gasteiger charge is 2.04. The molecular weight excluding hydrogens is 520 g/mol. The number of unbranched alkanes of at least 4 members (excludes halogenated alkanes) is 30. The zero-order valence-corrected chi connectivity index (χ0v) is 30.0. The quantitative estimate of drug-likeness (QED) is 0.0737. The van der Waals surface area contributed by atoms with Crippen LogP contribution < -0.4 is 0 Å². The third-order valence-corrected chi connectivity index (χ3v) is 9.52. The molecule has 1 aromatic heterocycles. The highest BCUT2D eigenvalue weighted by atomic mass is 14.9. The Morgan fingerprint density at radius 2 is 0.535 bits per heavy atom. The molecular formula is C41H78N2. The Bertz CT molecular complexity index is 630. The van der Waals surface area contributed by atoms with Crippen molar-refractivity contribution in [1.29, 1.82) is 0 Å². The smallest absolute Gasteiger partial charge is 0.125 e. The molecule has 0 N–H and O–H groups in total. The molecule has 2 heteroatoms. The minimum Gasteiger partial charge on any atom is -0.238 e. The van der Waals surface area contributed by atoms with Crippen LogP contribution in [0.15, 0.2) is 6.07 Å². The van der Waals surface area contributed by atoms with Crippen molar-refractivity contribution in [2.45, 2.75) is 239 Å². The highest BCUT2D eigenvalue weighted by Crippen LogP contribution is 2.17. The van der Waals surface area contributed by atoms with Crippen LogP contribution in [0.5, 0.6) is 0 Å². The van der Waals surface area contributed by atoms with E-state index < -0.39 is 0 Å². The van der Waals surface area contributed by atoms with E-state index in [0.717, 1.165) is 18.7 Å². The van der Waals surface area contributed by atoms with Gasteiger partial charge in [0.05, 0.1) is 0 Å². The fraction of sp³-hybridized carbons (Fsp3) is 0.902. The van der Waals surface area contributed by atoms with Crippen molar-refractivity contribution < 1.29 is 0 Å². The highest BCUT2D eigenvalue weighted by molar-refractivity contribution is 5.11. The zero-order chi connectivity index (χ0) is 30.9. The molecule has 0 aliphatic rings. The van der Waals surface area contributed by atoms with E-state index in [2.05, 4.69) is 26.8 Å². The van der Waals surface area contributed by atoms with Crippen LogP contribution in [0, 0.1) is 6.92 Å². The molecule has 2 nitrogen and oxygen atoms in total. The van der Waals surface area contributed by atoms with Crippen LogP contribution in [0.3, 0.4) is 0 Å². The van der Waals surface area contributed by atoms with E-state index in [1.54, 1.807) is 0 Å². The number of nitrogens with zero attached hydrogens (tertiary/aromatic N) is 2. The standard InChI is InChI=1S/C41H78N2/c1-4-6-8-10-12-14-16-18-20-22-24-26-28-30-32-34-36-40-38-41(43-39(3)42-40)37-35-33-31-29-27-25-23-21-19-17-15-13-11-9-7-5-2/h38H,4-37H2,1-3H3. The molecule has 252 valence electrons. The Kier molecular flexibility index (Phi) is 30.3. The molecule has 1 aromatic rings. The van der Waals surface area contributed by atoms with Crippen molar-refractivity contribution in [1.82, 2.24) is 9.97 Å². The molecule has 1 rings (SSSR count). The maximum Gasteiger partial charge on any atom is 0.125 e. The summed E-state index contributed by atoms with van der Waals surface area (Å²) in [6.07, 6.45) is 48.0. The van der Waals surface area contributed by atoms with Crippen molar-refractivity contribution in [3.05, 3.63) is 23.3 Å². The van der Waals surface area contributed by atoms with E-state index in [0.29, 0.717) is 0 Å². The molecule has 0 amide bonds. The normalized spacial score (nSPS) is 11.5. The van der Waals surface area contributed by atoms with Crippen LogP contribution in [0.25, 0.3) is 0 Å². The Labute approximate surface area is 271 Å². The first kappa shape index (κ1) is 40.1. The topological polar surface area (TPSA) is 25.8 Å². The molecule has 0 spiro atoms. The van der Waals surface area contributed by atoms with Gasteiger partial charge in [-0.25, -0.2) is 9.97 Å². The van der Waals surface area contributed by atoms with Crippen LogP contribution in [-0.4, -0.2) is 9.97 Å². The van der Waals surface area contributed by atoms with E-state index >= 15 is 0 Å². The van der Waals surface area contributed by atoms with Crippen molar-refractivity contribution in [3.8, 4) is 0 Å². The first-order chi connectivity index (χ1) is 21.3. The molecule has 0 aromatic carbocycles. The lowest BCUT2D eigenvalue weighted by molar-refractivity contribution is 0.528. The maximum atomic E-state index is 4.75. The molecule has 1 heterocycles. The molecule has 0 unspecified atom stereocenters. The van der Waals surface area contributed by atoms with Gasteiger partial charge in [0.15, 0.2) is 0 Å². The predicted octanol–water partition coefficient (Wildman–Crippen LogP) is 14.4. The summed E-state index contributed by atoms with van der Waals surface area (Å²) in [4.78, 5) is 9.51. The molecule has 0 fully saturated rings. The van der Waals surface area contributed by atoms with Gasteiger partial charge in [-0.05, 0) is 38.7 Å². The van der Waals surface area contributed by atoms with Gasteiger partial charge in [-0.2, -0.15) is 0 Å². The van der Waals surface area contributed by atoms with Gasteiger partial charge in [0, 0.05) is 11.4 Å². The molecule has 0 aliphatic carbocycles. The summed E-state index contributed by atoms with van der Waals surface area (Å²) in [5.74, 6) is 0.973. The minimum absolute atomic E-state index is 0.973. The number of hydrogen-bond donors (Lipinski definition) is 0. The maximum absolute atomic E-state index is 4.75. The second-order valence-electron chi connectivity index (χ2n) is 14.0. The molecule has 0 radical (unpaired) electrons. The molecule has 43 heavy (non-hydrogen) atoms. The lowest BCUT2D eigenvalue weighted by Crippen LogP contribution is -2.01. The van der Waals surface area contributed by atoms with Gasteiger partial charge >= 0.3 is 0 Å². The first-order valence-electron chi connectivity index (χ1n) is 20.1. The van der Waals surface area contributed by atoms with Gasteiger partial charge in [0.2, 0.25) is 0 Å². The summed E-state index contributed by atoms with van der Waals surface area (Å²) in [5.41, 5.74) is 2.56. The Hall–Kier alpha value is -0.920. The van der Waals surface area contributed by atoms with Gasteiger partial charge in [-0.3, -0.25) is 0 Å². The van der Waals surface area contributed by atoms with Crippen molar-refractivity contribution in [2.75, 3.05) is 0 Å². The van der Waals surface area contributed by atoms with Crippen LogP contribution in [0.2, 0.25) is 0 Å². The number of rotatable bonds is 34. The second-order valence-corrected chi connectivity index (χ2v) is 14.0. The lowest BCUT2D eigenvalue weighted by atomic mass is 10.0. The fourth-order valence-corrected chi connectivity index (χ4v) is 6.66. The van der Waals surface area contributed by atoms with Gasteiger partial charge < -0.3 is 0 Å². The Morgan fingerprint density at radius 3 is 0.767 bits per heavy atom. The van der Waals surface area contributed by atoms with Gasteiger partial charge in [-0.1, -0.05) is 206 Å². The lowest BCUT2D eigenvalue weighted by Gasteiger charge is -2.07. The Morgan fingerprint density at radius 1 is 0.326 bits per heavy atom. The van der Waals surface area contributed by atoms with Crippen LogP contribution in [0.4, 0.5) is 0 Å². The van der Waals surface area contributed by atoms with E-state index in [4.69, 9.17) is 9.97 Å². The number of hydrogen-bond acceptors (Lipinski definition) is 2. The minimum atomic E-state index is 0.973. The van der Waals surface area contributed by atoms with E-state index in [9.17, 15) is 0 Å². The number of aryl methyl sites for hydroxylation is 3. The summed E-state index contributed by atoms with van der Waals surface area (Å²) in [5, 5.41) is 0. The van der Waals surface area contributed by atoms with Gasteiger partial charge in [0.25, 0.3) is 0 Å². The molecule has 0 saturated heterocycles. The molecule has 0 aliphatic heterocycles. The van der Waals surface area contributed by atoms with E-state index in [-0.39, 0.29) is 0 Å². The van der Waals surface area contributed by atoms with E-state index in [1.165, 1.54) is 217 Å². The summed E-state index contributed by atoms with van der Waals surface area (Å²) in [7, 11) is 0. The largest absolute Gasteiger partial charge is 0.238 e. The molecule has 0 bridgehead atoms. The summed E-state index contributed by atoms with van der Waals surface area (Å²) < 4.78 is 0. The summed E-state index contributed by atoms with van der Waals surface area (Å²) in [6.45, 7) is 6.68. The van der Waals surface area contributed by atoms with Crippen molar-refractivity contribution in [3.63, 3.8) is 0 Å².